The summed E-state index contributed by atoms with van der Waals surface area (Å²) in [6.45, 7) is 6.69. The molecular formula is C77H144O6. The topological polar surface area (TPSA) is 78.9 Å². The highest BCUT2D eigenvalue weighted by atomic mass is 16.6. The number of hydrogen-bond donors (Lipinski definition) is 0. The fourth-order valence-corrected chi connectivity index (χ4v) is 11.5. The van der Waals surface area contributed by atoms with E-state index in [1.165, 1.54) is 315 Å². The number of carbonyl (C=O) groups is 3. The smallest absolute Gasteiger partial charge is 0.306 e. The minimum absolute atomic E-state index is 0.0677. The van der Waals surface area contributed by atoms with E-state index < -0.39 is 6.10 Å². The Labute approximate surface area is 518 Å². The SMILES string of the molecule is CCCCC/C=C\C/C=C\CCCCCCCCCCCC(=O)OC(COC(=O)CCCCCCCCCCCCCCC)COC(=O)CCCCCCCCCCCCCCCCCCCCCCC/C=C\CCCCCCCCCC. The van der Waals surface area contributed by atoms with Crippen LogP contribution < -0.4 is 0 Å². The van der Waals surface area contributed by atoms with Crippen LogP contribution in [0.3, 0.4) is 0 Å². The van der Waals surface area contributed by atoms with Crippen LogP contribution in [0, 0.1) is 0 Å². The maximum absolute atomic E-state index is 12.9. The Morgan fingerprint density at radius 3 is 0.699 bits per heavy atom. The van der Waals surface area contributed by atoms with E-state index in [0.29, 0.717) is 19.3 Å². The number of hydrogen-bond acceptors (Lipinski definition) is 6. The molecule has 0 radical (unpaired) electrons. The van der Waals surface area contributed by atoms with Crippen molar-refractivity contribution < 1.29 is 28.6 Å². The fraction of sp³-hybridized carbons (Fsp3) is 0.883. The molecule has 0 aliphatic rings. The minimum Gasteiger partial charge on any atom is -0.462 e. The van der Waals surface area contributed by atoms with E-state index >= 15 is 0 Å². The molecule has 0 heterocycles. The highest BCUT2D eigenvalue weighted by Gasteiger charge is 2.20. The third-order valence-corrected chi connectivity index (χ3v) is 17.1. The van der Waals surface area contributed by atoms with Crippen LogP contribution in [0.1, 0.15) is 419 Å². The molecule has 0 aliphatic heterocycles. The van der Waals surface area contributed by atoms with Crippen LogP contribution in [0.15, 0.2) is 36.5 Å². The van der Waals surface area contributed by atoms with Gasteiger partial charge < -0.3 is 14.2 Å². The first kappa shape index (κ1) is 80.6. The largest absolute Gasteiger partial charge is 0.462 e. The molecule has 1 unspecified atom stereocenters. The standard InChI is InChI=1S/C77H144O6/c1-4-7-10-13-16-19-22-25-27-29-31-32-33-34-35-36-37-38-39-40-41-42-43-44-46-47-49-52-55-58-61-64-67-70-76(79)82-73-74(72-81-75(78)69-66-63-60-57-54-51-24-21-18-15-12-9-6-3)83-77(80)71-68-65-62-59-56-53-50-48-45-30-28-26-23-20-17-14-11-8-5-2/h17,20,26,28-29,31,74H,4-16,18-19,21-25,27,30,32-73H2,1-3H3/b20-17-,28-26-,31-29-. The summed E-state index contributed by atoms with van der Waals surface area (Å²) in [7, 11) is 0. The van der Waals surface area contributed by atoms with Crippen molar-refractivity contribution in [3.63, 3.8) is 0 Å². The van der Waals surface area contributed by atoms with Crippen molar-refractivity contribution in [3.05, 3.63) is 36.5 Å². The number of rotatable bonds is 70. The molecular weight excluding hydrogens is 1020 g/mol. The highest BCUT2D eigenvalue weighted by molar-refractivity contribution is 5.71. The predicted octanol–water partition coefficient (Wildman–Crippen LogP) is 25.9. The molecule has 0 aliphatic carbocycles. The Kier molecular flexibility index (Phi) is 70.0. The van der Waals surface area contributed by atoms with Crippen LogP contribution in [-0.4, -0.2) is 37.2 Å². The molecule has 0 amide bonds. The van der Waals surface area contributed by atoms with E-state index in [2.05, 4.69) is 57.2 Å². The molecule has 0 saturated heterocycles. The van der Waals surface area contributed by atoms with Crippen LogP contribution in [0.4, 0.5) is 0 Å². The molecule has 0 spiro atoms. The molecule has 0 bridgehead atoms. The number of carbonyl (C=O) groups excluding carboxylic acids is 3. The molecule has 6 heteroatoms. The zero-order valence-corrected chi connectivity index (χ0v) is 56.2. The van der Waals surface area contributed by atoms with E-state index in [4.69, 9.17) is 14.2 Å². The summed E-state index contributed by atoms with van der Waals surface area (Å²) < 4.78 is 17.0. The van der Waals surface area contributed by atoms with Gasteiger partial charge in [0.05, 0.1) is 0 Å². The van der Waals surface area contributed by atoms with Crippen molar-refractivity contribution >= 4 is 17.9 Å². The molecule has 0 aromatic heterocycles. The average Bonchev–Trinajstić information content (AvgIpc) is 3.49. The van der Waals surface area contributed by atoms with Gasteiger partial charge in [-0.15, -0.1) is 0 Å². The van der Waals surface area contributed by atoms with Gasteiger partial charge in [-0.3, -0.25) is 14.4 Å². The van der Waals surface area contributed by atoms with Crippen molar-refractivity contribution in [2.24, 2.45) is 0 Å². The molecule has 6 nitrogen and oxygen atoms in total. The van der Waals surface area contributed by atoms with Crippen LogP contribution in [-0.2, 0) is 28.6 Å². The first-order valence-corrected chi connectivity index (χ1v) is 37.5. The summed E-state index contributed by atoms with van der Waals surface area (Å²) in [5.41, 5.74) is 0. The number of esters is 3. The Morgan fingerprint density at radius 1 is 0.241 bits per heavy atom. The van der Waals surface area contributed by atoms with E-state index in [9.17, 15) is 14.4 Å². The molecule has 488 valence electrons. The predicted molar refractivity (Wildman–Crippen MR) is 362 cm³/mol. The summed E-state index contributed by atoms with van der Waals surface area (Å²) >= 11 is 0. The second kappa shape index (κ2) is 72.1. The zero-order chi connectivity index (χ0) is 59.9. The van der Waals surface area contributed by atoms with Gasteiger partial charge in [-0.1, -0.05) is 359 Å². The van der Waals surface area contributed by atoms with Crippen molar-refractivity contribution in [2.45, 2.75) is 425 Å². The second-order valence-corrected chi connectivity index (χ2v) is 25.6. The van der Waals surface area contributed by atoms with E-state index in [1.54, 1.807) is 0 Å². The molecule has 1 atom stereocenters. The van der Waals surface area contributed by atoms with Crippen molar-refractivity contribution in [1.82, 2.24) is 0 Å². The molecule has 0 aromatic carbocycles. The van der Waals surface area contributed by atoms with Crippen LogP contribution in [0.25, 0.3) is 0 Å². The van der Waals surface area contributed by atoms with Crippen molar-refractivity contribution in [3.8, 4) is 0 Å². The lowest BCUT2D eigenvalue weighted by Gasteiger charge is -2.18. The Morgan fingerprint density at radius 2 is 0.434 bits per heavy atom. The maximum atomic E-state index is 12.9. The van der Waals surface area contributed by atoms with Gasteiger partial charge in [0.1, 0.15) is 13.2 Å². The quantitative estimate of drug-likeness (QED) is 0.0261. The number of allylic oxidation sites excluding steroid dienone is 6. The third kappa shape index (κ3) is 70.3. The summed E-state index contributed by atoms with van der Waals surface area (Å²) in [4.78, 5) is 38.4. The molecule has 0 N–H and O–H groups in total. The van der Waals surface area contributed by atoms with Gasteiger partial charge in [-0.05, 0) is 77.0 Å². The molecule has 83 heavy (non-hydrogen) atoms. The van der Waals surface area contributed by atoms with Crippen LogP contribution in [0.2, 0.25) is 0 Å². The number of unbranched alkanes of at least 4 members (excludes halogenated alkanes) is 53. The highest BCUT2D eigenvalue weighted by Crippen LogP contribution is 2.19. The first-order chi connectivity index (χ1) is 41.0. The van der Waals surface area contributed by atoms with E-state index in [1.807, 2.05) is 0 Å². The van der Waals surface area contributed by atoms with Crippen LogP contribution in [0.5, 0.6) is 0 Å². The fourth-order valence-electron chi connectivity index (χ4n) is 11.5. The van der Waals surface area contributed by atoms with Crippen molar-refractivity contribution in [2.75, 3.05) is 13.2 Å². The van der Waals surface area contributed by atoms with E-state index in [-0.39, 0.29) is 31.1 Å². The lowest BCUT2D eigenvalue weighted by atomic mass is 10.0. The summed E-state index contributed by atoms with van der Waals surface area (Å²) in [6.07, 6.45) is 90.5. The van der Waals surface area contributed by atoms with Gasteiger partial charge in [0.25, 0.3) is 0 Å². The molecule has 0 fully saturated rings. The monoisotopic (exact) mass is 1170 g/mol. The molecule has 0 rings (SSSR count). The van der Waals surface area contributed by atoms with Gasteiger partial charge in [-0.2, -0.15) is 0 Å². The Hall–Kier alpha value is -2.37. The normalized spacial score (nSPS) is 12.2. The van der Waals surface area contributed by atoms with Crippen molar-refractivity contribution in [1.29, 1.82) is 0 Å². The molecule has 0 saturated carbocycles. The Bertz CT molecular complexity index is 1380. The van der Waals surface area contributed by atoms with E-state index in [0.717, 1.165) is 64.2 Å². The van der Waals surface area contributed by atoms with Gasteiger partial charge in [0.15, 0.2) is 6.10 Å². The first-order valence-electron chi connectivity index (χ1n) is 37.5. The summed E-state index contributed by atoms with van der Waals surface area (Å²) in [5.74, 6) is -0.841. The van der Waals surface area contributed by atoms with Gasteiger partial charge in [-0.25, -0.2) is 0 Å². The maximum Gasteiger partial charge on any atom is 0.306 e. The lowest BCUT2D eigenvalue weighted by Crippen LogP contribution is -2.30. The Balaban J connectivity index is 4.11. The van der Waals surface area contributed by atoms with Gasteiger partial charge in [0.2, 0.25) is 0 Å². The average molecular weight is 1170 g/mol. The zero-order valence-electron chi connectivity index (χ0n) is 56.2. The third-order valence-electron chi connectivity index (χ3n) is 17.1. The number of ether oxygens (including phenoxy) is 3. The van der Waals surface area contributed by atoms with Gasteiger partial charge in [0, 0.05) is 19.3 Å². The van der Waals surface area contributed by atoms with Crippen LogP contribution >= 0.6 is 0 Å². The summed E-state index contributed by atoms with van der Waals surface area (Å²) in [6, 6.07) is 0. The summed E-state index contributed by atoms with van der Waals surface area (Å²) in [5, 5.41) is 0. The van der Waals surface area contributed by atoms with Gasteiger partial charge >= 0.3 is 17.9 Å². The lowest BCUT2D eigenvalue weighted by molar-refractivity contribution is -0.167. The minimum atomic E-state index is -0.772. The molecule has 0 aromatic rings. The second-order valence-electron chi connectivity index (χ2n) is 25.6.